The summed E-state index contributed by atoms with van der Waals surface area (Å²) in [5, 5.41) is 3.10. The molecule has 0 spiro atoms. The summed E-state index contributed by atoms with van der Waals surface area (Å²) < 4.78 is 38.2. The smallest absolute Gasteiger partial charge is 0.399 e. The average molecular weight is 412 g/mol. The van der Waals surface area contributed by atoms with Crippen LogP contribution in [0.25, 0.3) is 0 Å². The molecule has 0 unspecified atom stereocenters. The number of pyridine rings is 1. The zero-order valence-electron chi connectivity index (χ0n) is 15.9. The Morgan fingerprint density at radius 2 is 1.90 bits per heavy atom. The molecule has 0 aliphatic carbocycles. The number of nitrogens with one attached hydrogen (secondary N) is 1. The van der Waals surface area contributed by atoms with Crippen molar-refractivity contribution in [1.29, 1.82) is 0 Å². The third kappa shape index (κ3) is 4.07. The number of hydrogen-bond acceptors (Lipinski definition) is 4. The first-order valence-electron chi connectivity index (χ1n) is 9.37. The van der Waals surface area contributed by atoms with Crippen LogP contribution < -0.4 is 11.1 Å². The average Bonchev–Trinajstić information content (AvgIpc) is 2.73. The molecule has 1 aliphatic heterocycles. The number of carbonyl (C=O) groups is 1. The molecule has 0 fully saturated rings. The number of rotatable bonds is 3. The highest BCUT2D eigenvalue weighted by Gasteiger charge is 2.30. The largest absolute Gasteiger partial charge is 0.417 e. The number of nitrogen functional groups attached to an aromatic ring is 1. The summed E-state index contributed by atoms with van der Waals surface area (Å²) in [6.45, 7) is 0.971. The summed E-state index contributed by atoms with van der Waals surface area (Å²) in [7, 11) is 0. The third-order valence-electron chi connectivity index (χ3n) is 5.04. The van der Waals surface area contributed by atoms with Gasteiger partial charge in [0.25, 0.3) is 5.91 Å². The second-order valence-corrected chi connectivity index (χ2v) is 7.10. The second-order valence-electron chi connectivity index (χ2n) is 7.10. The molecule has 5 nitrogen and oxygen atoms in total. The van der Waals surface area contributed by atoms with E-state index in [2.05, 4.69) is 10.3 Å². The molecule has 1 aliphatic rings. The van der Waals surface area contributed by atoms with E-state index in [1.54, 1.807) is 29.2 Å². The fourth-order valence-electron chi connectivity index (χ4n) is 3.53. The first-order chi connectivity index (χ1) is 14.3. The van der Waals surface area contributed by atoms with Crippen molar-refractivity contribution in [3.8, 4) is 0 Å². The van der Waals surface area contributed by atoms with Gasteiger partial charge in [0.1, 0.15) is 5.82 Å². The molecule has 154 valence electrons. The van der Waals surface area contributed by atoms with E-state index >= 15 is 0 Å². The number of alkyl halides is 3. The molecule has 0 atom stereocenters. The number of nitrogens with zero attached hydrogens (tertiary/aromatic N) is 2. The molecular formula is C22H19F3N4O. The molecule has 1 amide bonds. The number of benzene rings is 2. The van der Waals surface area contributed by atoms with Gasteiger partial charge in [-0.05, 0) is 53.9 Å². The summed E-state index contributed by atoms with van der Waals surface area (Å²) in [6.07, 6.45) is -2.99. The standard InChI is InChI=1S/C22H19F3N4O/c23-22(24,25)16-7-8-20(27-12-16)28-19-6-2-4-15-13-29(10-9-18(15)19)21(30)14-3-1-5-17(26)11-14/h1-8,11-12H,9-10,13,26H2,(H,27,28). The van der Waals surface area contributed by atoms with Gasteiger partial charge in [0.15, 0.2) is 0 Å². The molecule has 0 bridgehead atoms. The maximum Gasteiger partial charge on any atom is 0.417 e. The van der Waals surface area contributed by atoms with E-state index in [0.717, 1.165) is 29.1 Å². The van der Waals surface area contributed by atoms with Gasteiger partial charge in [-0.25, -0.2) is 4.98 Å². The molecule has 2 aromatic carbocycles. The van der Waals surface area contributed by atoms with Crippen LogP contribution in [0.15, 0.2) is 60.8 Å². The van der Waals surface area contributed by atoms with Crippen LogP contribution >= 0.6 is 0 Å². The van der Waals surface area contributed by atoms with Crippen molar-refractivity contribution >= 4 is 23.1 Å². The fourth-order valence-corrected chi connectivity index (χ4v) is 3.53. The number of hydrogen-bond donors (Lipinski definition) is 2. The van der Waals surface area contributed by atoms with Crippen molar-refractivity contribution in [2.45, 2.75) is 19.1 Å². The Morgan fingerprint density at radius 3 is 2.60 bits per heavy atom. The van der Waals surface area contributed by atoms with E-state index in [1.807, 2.05) is 18.2 Å². The van der Waals surface area contributed by atoms with Crippen LogP contribution in [-0.2, 0) is 19.1 Å². The van der Waals surface area contributed by atoms with E-state index in [-0.39, 0.29) is 5.91 Å². The Hall–Kier alpha value is -3.55. The van der Waals surface area contributed by atoms with Crippen molar-refractivity contribution in [2.75, 3.05) is 17.6 Å². The number of carbonyl (C=O) groups excluding carboxylic acids is 1. The molecule has 1 aromatic heterocycles. The van der Waals surface area contributed by atoms with Gasteiger partial charge in [-0.2, -0.15) is 13.2 Å². The van der Waals surface area contributed by atoms with E-state index in [1.165, 1.54) is 6.07 Å². The zero-order chi connectivity index (χ0) is 21.3. The first kappa shape index (κ1) is 19.8. The summed E-state index contributed by atoms with van der Waals surface area (Å²) in [4.78, 5) is 18.4. The summed E-state index contributed by atoms with van der Waals surface area (Å²) in [5.41, 5.74) is 8.85. The summed E-state index contributed by atoms with van der Waals surface area (Å²) >= 11 is 0. The molecule has 0 saturated carbocycles. The van der Waals surface area contributed by atoms with Gasteiger partial charge in [-0.3, -0.25) is 4.79 Å². The Balaban J connectivity index is 1.52. The predicted octanol–water partition coefficient (Wildman–Crippen LogP) is 4.62. The minimum absolute atomic E-state index is 0.0873. The topological polar surface area (TPSA) is 71.2 Å². The number of nitrogens with two attached hydrogens (primary N) is 1. The van der Waals surface area contributed by atoms with Crippen LogP contribution in [0.3, 0.4) is 0 Å². The van der Waals surface area contributed by atoms with Crippen LogP contribution in [0.4, 0.5) is 30.4 Å². The van der Waals surface area contributed by atoms with Crippen LogP contribution in [-0.4, -0.2) is 22.3 Å². The number of fused-ring (bicyclic) bond motifs is 1. The van der Waals surface area contributed by atoms with Gasteiger partial charge < -0.3 is 16.0 Å². The van der Waals surface area contributed by atoms with Crippen LogP contribution in [0.5, 0.6) is 0 Å². The summed E-state index contributed by atoms with van der Waals surface area (Å²) in [6, 6.07) is 14.8. The zero-order valence-corrected chi connectivity index (χ0v) is 15.9. The van der Waals surface area contributed by atoms with E-state index < -0.39 is 11.7 Å². The van der Waals surface area contributed by atoms with Gasteiger partial charge in [0.2, 0.25) is 0 Å². The highest BCUT2D eigenvalue weighted by Crippen LogP contribution is 2.31. The van der Waals surface area contributed by atoms with Crippen LogP contribution in [0, 0.1) is 0 Å². The van der Waals surface area contributed by atoms with E-state index in [0.29, 0.717) is 36.6 Å². The number of aromatic nitrogens is 1. The molecular weight excluding hydrogens is 393 g/mol. The Morgan fingerprint density at radius 1 is 1.10 bits per heavy atom. The van der Waals surface area contributed by atoms with Crippen molar-refractivity contribution in [3.05, 3.63) is 83.0 Å². The van der Waals surface area contributed by atoms with Crippen molar-refractivity contribution in [1.82, 2.24) is 9.88 Å². The lowest BCUT2D eigenvalue weighted by Crippen LogP contribution is -2.36. The fraction of sp³-hybridized carbons (Fsp3) is 0.182. The minimum atomic E-state index is -4.42. The van der Waals surface area contributed by atoms with Crippen molar-refractivity contribution in [2.24, 2.45) is 0 Å². The number of halogens is 3. The quantitative estimate of drug-likeness (QED) is 0.616. The normalized spacial score (nSPS) is 13.6. The molecule has 2 heterocycles. The van der Waals surface area contributed by atoms with Crippen LogP contribution in [0.1, 0.15) is 27.0 Å². The lowest BCUT2D eigenvalue weighted by molar-refractivity contribution is -0.137. The molecule has 8 heteroatoms. The molecule has 3 N–H and O–H groups in total. The van der Waals surface area contributed by atoms with Gasteiger partial charge in [0, 0.05) is 36.2 Å². The first-order valence-corrected chi connectivity index (χ1v) is 9.37. The van der Waals surface area contributed by atoms with Gasteiger partial charge in [-0.1, -0.05) is 18.2 Å². The minimum Gasteiger partial charge on any atom is -0.399 e. The molecule has 30 heavy (non-hydrogen) atoms. The van der Waals surface area contributed by atoms with Gasteiger partial charge in [0.05, 0.1) is 5.56 Å². The van der Waals surface area contributed by atoms with Crippen molar-refractivity contribution in [3.63, 3.8) is 0 Å². The second kappa shape index (κ2) is 7.70. The Labute approximate surface area is 171 Å². The predicted molar refractivity (Wildman–Crippen MR) is 108 cm³/mol. The number of amides is 1. The molecule has 0 radical (unpaired) electrons. The lowest BCUT2D eigenvalue weighted by atomic mass is 9.97. The Kier molecular flexibility index (Phi) is 5.07. The van der Waals surface area contributed by atoms with Crippen LogP contribution in [0.2, 0.25) is 0 Å². The summed E-state index contributed by atoms with van der Waals surface area (Å²) in [5.74, 6) is 0.241. The SMILES string of the molecule is Nc1cccc(C(=O)N2CCc3c(cccc3Nc3ccc(C(F)(F)F)cn3)C2)c1. The maximum atomic E-state index is 12.8. The number of anilines is 3. The molecule has 3 aromatic rings. The molecule has 0 saturated heterocycles. The highest BCUT2D eigenvalue weighted by atomic mass is 19.4. The maximum absolute atomic E-state index is 12.8. The monoisotopic (exact) mass is 412 g/mol. The molecule has 4 rings (SSSR count). The van der Waals surface area contributed by atoms with Crippen molar-refractivity contribution < 1.29 is 18.0 Å². The third-order valence-corrected chi connectivity index (χ3v) is 5.04. The van der Waals surface area contributed by atoms with E-state index in [4.69, 9.17) is 5.73 Å². The highest BCUT2D eigenvalue weighted by molar-refractivity contribution is 5.95. The van der Waals surface area contributed by atoms with E-state index in [9.17, 15) is 18.0 Å². The van der Waals surface area contributed by atoms with Gasteiger partial charge in [-0.15, -0.1) is 0 Å². The lowest BCUT2D eigenvalue weighted by Gasteiger charge is -2.30. The Bertz CT molecular complexity index is 1080. The van der Waals surface area contributed by atoms with Gasteiger partial charge >= 0.3 is 6.18 Å².